The Labute approximate surface area is 147 Å². The number of rotatable bonds is 6. The van der Waals surface area contributed by atoms with Gasteiger partial charge in [0, 0.05) is 24.3 Å². The van der Waals surface area contributed by atoms with Gasteiger partial charge in [-0.25, -0.2) is 22.4 Å². The van der Waals surface area contributed by atoms with Crippen molar-refractivity contribution in [3.63, 3.8) is 0 Å². The molecule has 1 saturated carbocycles. The number of ether oxygens (including phenoxy) is 1. The molecular weight excluding hydrogens is 369 g/mol. The number of hydrogen-bond acceptors (Lipinski definition) is 2. The third-order valence-corrected chi connectivity index (χ3v) is 5.08. The SMILES string of the molecule is C=C(C)C(=O)OC(CC)(CC)C1CC(F)(F)C(CC(F)(F)F)C(F)(F)C1. The number of carbonyl (C=O) groups is 1. The minimum Gasteiger partial charge on any atom is -0.455 e. The molecule has 0 aromatic rings. The molecule has 0 amide bonds. The normalized spacial score (nSPS) is 25.6. The molecule has 0 bridgehead atoms. The lowest BCUT2D eigenvalue weighted by Gasteiger charge is -2.48. The highest BCUT2D eigenvalue weighted by Crippen LogP contribution is 2.56. The predicted molar refractivity (Wildman–Crippen MR) is 81.0 cm³/mol. The van der Waals surface area contributed by atoms with Crippen molar-refractivity contribution in [3.05, 3.63) is 12.2 Å². The molecule has 0 N–H and O–H groups in total. The molecule has 0 heterocycles. The summed E-state index contributed by atoms with van der Waals surface area (Å²) < 4.78 is 100.0. The van der Waals surface area contributed by atoms with Crippen molar-refractivity contribution >= 4 is 5.97 Å². The molecule has 0 aliphatic heterocycles. The fourth-order valence-corrected chi connectivity index (χ4v) is 3.55. The van der Waals surface area contributed by atoms with Crippen LogP contribution in [-0.4, -0.2) is 29.6 Å². The molecule has 2 nitrogen and oxygen atoms in total. The van der Waals surface area contributed by atoms with Crippen LogP contribution in [0.5, 0.6) is 0 Å². The molecule has 9 heteroatoms. The summed E-state index contributed by atoms with van der Waals surface area (Å²) in [7, 11) is 0. The number of hydrogen-bond donors (Lipinski definition) is 0. The number of esters is 1. The molecule has 0 aromatic carbocycles. The van der Waals surface area contributed by atoms with Crippen LogP contribution in [0.4, 0.5) is 30.7 Å². The highest BCUT2D eigenvalue weighted by atomic mass is 19.4. The van der Waals surface area contributed by atoms with Crippen molar-refractivity contribution in [1.82, 2.24) is 0 Å². The molecule has 0 spiro atoms. The largest absolute Gasteiger partial charge is 0.455 e. The molecule has 0 radical (unpaired) electrons. The maximum absolute atomic E-state index is 14.3. The minimum absolute atomic E-state index is 0.0245. The Hall–Kier alpha value is -1.28. The zero-order valence-electron chi connectivity index (χ0n) is 14.9. The Kier molecular flexibility index (Phi) is 6.46. The second kappa shape index (κ2) is 7.38. The van der Waals surface area contributed by atoms with Gasteiger partial charge in [-0.2, -0.15) is 13.2 Å². The smallest absolute Gasteiger partial charge is 0.389 e. The Morgan fingerprint density at radius 2 is 1.50 bits per heavy atom. The van der Waals surface area contributed by atoms with Crippen molar-refractivity contribution in [2.24, 2.45) is 11.8 Å². The number of carbonyl (C=O) groups excluding carboxylic acids is 1. The van der Waals surface area contributed by atoms with Crippen LogP contribution in [0.3, 0.4) is 0 Å². The van der Waals surface area contributed by atoms with Crippen molar-refractivity contribution < 1.29 is 40.3 Å². The molecule has 0 saturated heterocycles. The van der Waals surface area contributed by atoms with Gasteiger partial charge in [0.15, 0.2) is 0 Å². The Morgan fingerprint density at radius 3 is 1.81 bits per heavy atom. The van der Waals surface area contributed by atoms with Gasteiger partial charge in [0.25, 0.3) is 11.8 Å². The Bertz CT molecular complexity index is 518. The van der Waals surface area contributed by atoms with E-state index < -0.39 is 60.7 Å². The summed E-state index contributed by atoms with van der Waals surface area (Å²) in [6.45, 7) is 7.67. The molecule has 1 fully saturated rings. The van der Waals surface area contributed by atoms with Crippen molar-refractivity contribution in [1.29, 1.82) is 0 Å². The van der Waals surface area contributed by atoms with Crippen LogP contribution in [0.1, 0.15) is 52.9 Å². The van der Waals surface area contributed by atoms with Crippen molar-refractivity contribution in [2.75, 3.05) is 0 Å². The summed E-state index contributed by atoms with van der Waals surface area (Å²) in [6.07, 6.45) is -9.85. The van der Waals surface area contributed by atoms with E-state index in [1.807, 2.05) is 0 Å². The van der Waals surface area contributed by atoms with Crippen molar-refractivity contribution in [2.45, 2.75) is 76.5 Å². The van der Waals surface area contributed by atoms with Crippen LogP contribution >= 0.6 is 0 Å². The summed E-state index contributed by atoms with van der Waals surface area (Å²) in [5, 5.41) is 0. The lowest BCUT2D eigenvalue weighted by molar-refractivity contribution is -0.270. The monoisotopic (exact) mass is 392 g/mol. The van der Waals surface area contributed by atoms with Gasteiger partial charge in [-0.1, -0.05) is 20.4 Å². The first-order valence-corrected chi connectivity index (χ1v) is 8.31. The molecule has 0 unspecified atom stereocenters. The second-order valence-corrected chi connectivity index (χ2v) is 6.94. The number of alkyl halides is 7. The second-order valence-electron chi connectivity index (χ2n) is 6.94. The average Bonchev–Trinajstić information content (AvgIpc) is 2.46. The summed E-state index contributed by atoms with van der Waals surface area (Å²) >= 11 is 0. The highest BCUT2D eigenvalue weighted by Gasteiger charge is 2.65. The first-order chi connectivity index (χ1) is 11.6. The van der Waals surface area contributed by atoms with E-state index in [2.05, 4.69) is 6.58 Å². The van der Waals surface area contributed by atoms with Gasteiger partial charge in [-0.05, 0) is 19.8 Å². The molecule has 152 valence electrons. The van der Waals surface area contributed by atoms with Crippen LogP contribution in [0.15, 0.2) is 12.2 Å². The van der Waals surface area contributed by atoms with Crippen LogP contribution in [0.2, 0.25) is 0 Å². The molecule has 26 heavy (non-hydrogen) atoms. The first kappa shape index (κ1) is 22.8. The lowest BCUT2D eigenvalue weighted by atomic mass is 9.67. The fourth-order valence-electron chi connectivity index (χ4n) is 3.55. The topological polar surface area (TPSA) is 26.3 Å². The summed E-state index contributed by atoms with van der Waals surface area (Å²) in [4.78, 5) is 11.8. The van der Waals surface area contributed by atoms with Crippen LogP contribution < -0.4 is 0 Å². The van der Waals surface area contributed by atoms with Gasteiger partial charge in [0.05, 0.1) is 12.3 Å². The highest BCUT2D eigenvalue weighted by molar-refractivity contribution is 5.87. The van der Waals surface area contributed by atoms with Gasteiger partial charge in [0.2, 0.25) is 0 Å². The molecule has 1 rings (SSSR count). The van der Waals surface area contributed by atoms with E-state index >= 15 is 0 Å². The molecular formula is C17H23F7O2. The number of halogens is 7. The standard InChI is InChI=1S/C17H23F7O2/c1-5-14(6-2,26-13(25)10(3)4)11-7-15(18,19)12(9-17(22,23)24)16(20,21)8-11/h11-12H,3,5-9H2,1-2,4H3. The Balaban J connectivity index is 3.22. The Morgan fingerprint density at radius 1 is 1.08 bits per heavy atom. The predicted octanol–water partition coefficient (Wildman–Crippen LogP) is 5.91. The van der Waals surface area contributed by atoms with E-state index in [1.54, 1.807) is 0 Å². The van der Waals surface area contributed by atoms with Crippen LogP contribution in [0, 0.1) is 11.8 Å². The fraction of sp³-hybridized carbons (Fsp3) is 0.824. The maximum Gasteiger partial charge on any atom is 0.389 e. The average molecular weight is 392 g/mol. The summed E-state index contributed by atoms with van der Waals surface area (Å²) in [5.74, 6) is -14.0. The van der Waals surface area contributed by atoms with E-state index in [1.165, 1.54) is 20.8 Å². The van der Waals surface area contributed by atoms with E-state index in [4.69, 9.17) is 4.74 Å². The third-order valence-electron chi connectivity index (χ3n) is 5.08. The minimum atomic E-state index is -5.14. The van der Waals surface area contributed by atoms with Crippen molar-refractivity contribution in [3.8, 4) is 0 Å². The zero-order chi connectivity index (χ0) is 20.6. The molecule has 0 aromatic heterocycles. The first-order valence-electron chi connectivity index (χ1n) is 8.31. The lowest BCUT2D eigenvalue weighted by Crippen LogP contribution is -2.56. The summed E-state index contributed by atoms with van der Waals surface area (Å²) in [6, 6.07) is 0. The maximum atomic E-state index is 14.3. The quantitative estimate of drug-likeness (QED) is 0.319. The van der Waals surface area contributed by atoms with Crippen LogP contribution in [-0.2, 0) is 9.53 Å². The van der Waals surface area contributed by atoms with Gasteiger partial charge in [0.1, 0.15) is 5.60 Å². The molecule has 0 atom stereocenters. The van der Waals surface area contributed by atoms with Crippen LogP contribution in [0.25, 0.3) is 0 Å². The van der Waals surface area contributed by atoms with Gasteiger partial charge in [-0.3, -0.25) is 0 Å². The molecule has 1 aliphatic carbocycles. The summed E-state index contributed by atoms with van der Waals surface area (Å²) in [5.41, 5.74) is -1.65. The van der Waals surface area contributed by atoms with Gasteiger partial charge >= 0.3 is 12.1 Å². The van der Waals surface area contributed by atoms with Gasteiger partial charge in [-0.15, -0.1) is 0 Å². The van der Waals surface area contributed by atoms with E-state index in [0.29, 0.717) is 0 Å². The molecule has 1 aliphatic rings. The van der Waals surface area contributed by atoms with E-state index in [9.17, 15) is 35.5 Å². The zero-order valence-corrected chi connectivity index (χ0v) is 14.9. The van der Waals surface area contributed by atoms with E-state index in [0.717, 1.165) is 0 Å². The van der Waals surface area contributed by atoms with E-state index in [-0.39, 0.29) is 18.4 Å². The third kappa shape index (κ3) is 4.91. The van der Waals surface area contributed by atoms with Gasteiger partial charge < -0.3 is 4.74 Å².